The van der Waals surface area contributed by atoms with Crippen molar-refractivity contribution in [1.29, 1.82) is 0 Å². The molecule has 182 valence electrons. The first kappa shape index (κ1) is 23.3. The van der Waals surface area contributed by atoms with E-state index in [0.717, 1.165) is 23.1 Å². The van der Waals surface area contributed by atoms with Crippen molar-refractivity contribution in [3.8, 4) is 5.75 Å². The molecule has 0 radical (unpaired) electrons. The topological polar surface area (TPSA) is 108 Å². The van der Waals surface area contributed by atoms with Crippen molar-refractivity contribution in [2.24, 2.45) is 0 Å². The Labute approximate surface area is 208 Å². The Morgan fingerprint density at radius 3 is 2.67 bits per heavy atom. The van der Waals surface area contributed by atoms with Crippen molar-refractivity contribution in [3.05, 3.63) is 88.8 Å². The highest BCUT2D eigenvalue weighted by Gasteiger charge is 2.48. The summed E-state index contributed by atoms with van der Waals surface area (Å²) in [7, 11) is 0. The average molecular weight is 483 g/mol. The minimum absolute atomic E-state index is 0.0445. The number of fused-ring (bicyclic) bond motifs is 1. The summed E-state index contributed by atoms with van der Waals surface area (Å²) in [5, 5.41) is 11.4. The molecule has 1 amide bonds. The molecular weight excluding hydrogens is 456 g/mol. The molecule has 2 N–H and O–H groups in total. The Bertz CT molecular complexity index is 1510. The van der Waals surface area contributed by atoms with Crippen LogP contribution < -0.4 is 9.64 Å². The summed E-state index contributed by atoms with van der Waals surface area (Å²) >= 11 is 0. The number of pyridine rings is 1. The van der Waals surface area contributed by atoms with Crippen LogP contribution in [-0.4, -0.2) is 38.4 Å². The van der Waals surface area contributed by atoms with Gasteiger partial charge >= 0.3 is 5.91 Å². The number of Topliss-reactive ketones (excluding diaryl/α,β-unsaturated/α-hetero) is 1. The zero-order chi connectivity index (χ0) is 25.4. The summed E-state index contributed by atoms with van der Waals surface area (Å²) in [6, 6.07) is 15.2. The Kier molecular flexibility index (Phi) is 6.01. The summed E-state index contributed by atoms with van der Waals surface area (Å²) in [5.74, 6) is -0.949. The number of hydrogen-bond donors (Lipinski definition) is 2. The second-order valence-corrected chi connectivity index (χ2v) is 8.83. The molecular formula is C28H26N4O4. The van der Waals surface area contributed by atoms with Gasteiger partial charge in [0, 0.05) is 11.8 Å². The Morgan fingerprint density at radius 1 is 1.11 bits per heavy atom. The number of ketones is 1. The van der Waals surface area contributed by atoms with E-state index < -0.39 is 17.7 Å². The molecule has 1 atom stereocenters. The van der Waals surface area contributed by atoms with Crippen molar-refractivity contribution < 1.29 is 19.4 Å². The lowest BCUT2D eigenvalue weighted by Gasteiger charge is -2.22. The van der Waals surface area contributed by atoms with E-state index >= 15 is 0 Å². The van der Waals surface area contributed by atoms with Gasteiger partial charge in [-0.1, -0.05) is 19.1 Å². The third kappa shape index (κ3) is 4.00. The first-order valence-corrected chi connectivity index (χ1v) is 11.8. The largest absolute Gasteiger partial charge is 0.507 e. The lowest BCUT2D eigenvalue weighted by Crippen LogP contribution is -2.30. The number of aliphatic hydroxyl groups excluding tert-OH is 1. The van der Waals surface area contributed by atoms with E-state index in [1.54, 1.807) is 42.6 Å². The van der Waals surface area contributed by atoms with Gasteiger partial charge in [0.1, 0.15) is 17.6 Å². The quantitative estimate of drug-likeness (QED) is 0.228. The molecule has 8 heteroatoms. The zero-order valence-electron chi connectivity index (χ0n) is 20.3. The monoisotopic (exact) mass is 482 g/mol. The Morgan fingerprint density at radius 2 is 1.94 bits per heavy atom. The van der Waals surface area contributed by atoms with Gasteiger partial charge in [-0.25, -0.2) is 4.98 Å². The van der Waals surface area contributed by atoms with Crippen LogP contribution in [-0.2, 0) is 9.59 Å². The smallest absolute Gasteiger partial charge is 0.302 e. The maximum absolute atomic E-state index is 13.3. The number of anilines is 1. The highest BCUT2D eigenvalue weighted by Crippen LogP contribution is 2.41. The lowest BCUT2D eigenvalue weighted by atomic mass is 9.97. The molecule has 0 saturated carbocycles. The summed E-state index contributed by atoms with van der Waals surface area (Å²) in [6.07, 6.45) is 2.46. The third-order valence-corrected chi connectivity index (χ3v) is 6.18. The van der Waals surface area contributed by atoms with Crippen molar-refractivity contribution in [1.82, 2.24) is 15.0 Å². The summed E-state index contributed by atoms with van der Waals surface area (Å²) in [5.41, 5.74) is 4.05. The van der Waals surface area contributed by atoms with Crippen LogP contribution in [0.15, 0.2) is 66.4 Å². The summed E-state index contributed by atoms with van der Waals surface area (Å²) < 4.78 is 5.74. The molecule has 36 heavy (non-hydrogen) atoms. The predicted molar refractivity (Wildman–Crippen MR) is 137 cm³/mol. The first-order chi connectivity index (χ1) is 17.4. The van der Waals surface area contributed by atoms with Gasteiger partial charge in [0.25, 0.3) is 5.78 Å². The van der Waals surface area contributed by atoms with E-state index in [1.165, 1.54) is 4.90 Å². The predicted octanol–water partition coefficient (Wildman–Crippen LogP) is 4.99. The van der Waals surface area contributed by atoms with Crippen molar-refractivity contribution in [2.45, 2.75) is 33.2 Å². The number of imidazole rings is 1. The number of aryl methyl sites for hydroxylation is 2. The van der Waals surface area contributed by atoms with Gasteiger partial charge in [-0.05, 0) is 73.9 Å². The van der Waals surface area contributed by atoms with Crippen LogP contribution in [0.2, 0.25) is 0 Å². The van der Waals surface area contributed by atoms with Crippen LogP contribution in [0.3, 0.4) is 0 Å². The fraction of sp³-hybridized carbons (Fsp3) is 0.214. The second-order valence-electron chi connectivity index (χ2n) is 8.83. The Hall–Kier alpha value is -4.46. The molecule has 2 aromatic heterocycles. The molecule has 4 aromatic rings. The number of hydrogen-bond acceptors (Lipinski definition) is 6. The fourth-order valence-corrected chi connectivity index (χ4v) is 4.42. The number of aromatic nitrogens is 3. The molecule has 0 spiro atoms. The highest BCUT2D eigenvalue weighted by molar-refractivity contribution is 6.51. The lowest BCUT2D eigenvalue weighted by molar-refractivity contribution is -0.132. The van der Waals surface area contributed by atoms with Crippen LogP contribution in [0.1, 0.15) is 41.8 Å². The maximum atomic E-state index is 13.3. The molecule has 1 saturated heterocycles. The fourth-order valence-electron chi connectivity index (χ4n) is 4.42. The standard InChI is InChI=1S/C28H26N4O4/c1-4-13-36-22-11-9-18(15-17(22)3)25(33)23-24(20-7-5-6-12-29-20)32(27(35)26(23)34)28-30-19-10-8-16(2)14-21(19)31-28/h5-12,14-15,24,33H,4,13H2,1-3H3,(H,30,31)/b25-23+. The Balaban J connectivity index is 1.66. The van der Waals surface area contributed by atoms with E-state index in [1.807, 2.05) is 39.0 Å². The molecule has 0 aliphatic carbocycles. The zero-order valence-corrected chi connectivity index (χ0v) is 20.3. The van der Waals surface area contributed by atoms with Gasteiger partial charge in [-0.15, -0.1) is 0 Å². The van der Waals surface area contributed by atoms with Crippen LogP contribution in [0.4, 0.5) is 5.95 Å². The van der Waals surface area contributed by atoms with Crippen molar-refractivity contribution >= 4 is 34.4 Å². The molecule has 1 unspecified atom stereocenters. The number of aromatic amines is 1. The number of ether oxygens (including phenoxy) is 1. The van der Waals surface area contributed by atoms with E-state index in [9.17, 15) is 14.7 Å². The normalized spacial score (nSPS) is 17.2. The van der Waals surface area contributed by atoms with Crippen LogP contribution >= 0.6 is 0 Å². The second kappa shape index (κ2) is 9.30. The summed E-state index contributed by atoms with van der Waals surface area (Å²) in [4.78, 5) is 40.1. The number of rotatable bonds is 6. The van der Waals surface area contributed by atoms with E-state index in [-0.39, 0.29) is 17.3 Å². The molecule has 8 nitrogen and oxygen atoms in total. The van der Waals surface area contributed by atoms with Gasteiger partial charge in [-0.2, -0.15) is 0 Å². The number of H-pyrrole nitrogens is 1. The van der Waals surface area contributed by atoms with Gasteiger partial charge in [-0.3, -0.25) is 19.5 Å². The number of nitrogens with zero attached hydrogens (tertiary/aromatic N) is 3. The SMILES string of the molecule is CCCOc1ccc(/C(O)=C2\C(=O)C(=O)N(c3nc4ccc(C)cc4[nH]3)C2c2ccccn2)cc1C. The van der Waals surface area contributed by atoms with Gasteiger partial charge in [0.05, 0.1) is 28.9 Å². The van der Waals surface area contributed by atoms with Crippen LogP contribution in [0.5, 0.6) is 5.75 Å². The number of nitrogens with one attached hydrogen (secondary N) is 1. The highest BCUT2D eigenvalue weighted by atomic mass is 16.5. The number of benzene rings is 2. The number of carbonyl (C=O) groups is 2. The minimum atomic E-state index is -0.954. The van der Waals surface area contributed by atoms with Crippen molar-refractivity contribution in [3.63, 3.8) is 0 Å². The number of aliphatic hydroxyl groups is 1. The molecule has 3 heterocycles. The average Bonchev–Trinajstić information content (AvgIpc) is 3.41. The molecule has 0 bridgehead atoms. The summed E-state index contributed by atoms with van der Waals surface area (Å²) in [6.45, 7) is 6.43. The molecule has 1 aliphatic rings. The van der Waals surface area contributed by atoms with E-state index in [4.69, 9.17) is 4.74 Å². The maximum Gasteiger partial charge on any atom is 0.302 e. The van der Waals surface area contributed by atoms with E-state index in [0.29, 0.717) is 29.1 Å². The molecule has 1 aliphatic heterocycles. The number of amides is 1. The first-order valence-electron chi connectivity index (χ1n) is 11.8. The van der Waals surface area contributed by atoms with Gasteiger partial charge in [0.2, 0.25) is 5.95 Å². The van der Waals surface area contributed by atoms with Crippen LogP contribution in [0.25, 0.3) is 16.8 Å². The van der Waals surface area contributed by atoms with Crippen molar-refractivity contribution in [2.75, 3.05) is 11.5 Å². The molecule has 2 aromatic carbocycles. The molecule has 5 rings (SSSR count). The van der Waals surface area contributed by atoms with Crippen LogP contribution in [0, 0.1) is 13.8 Å². The number of carbonyl (C=O) groups excluding carboxylic acids is 2. The van der Waals surface area contributed by atoms with E-state index in [2.05, 4.69) is 15.0 Å². The van der Waals surface area contributed by atoms with Gasteiger partial charge < -0.3 is 14.8 Å². The van der Waals surface area contributed by atoms with Gasteiger partial charge in [0.15, 0.2) is 0 Å². The minimum Gasteiger partial charge on any atom is -0.507 e. The third-order valence-electron chi connectivity index (χ3n) is 6.18. The molecule has 1 fully saturated rings.